The van der Waals surface area contributed by atoms with Crippen molar-refractivity contribution >= 4 is 25.1 Å². The Bertz CT molecular complexity index is 198. The highest BCUT2D eigenvalue weighted by molar-refractivity contribution is 7.98. The number of benzene rings is 1. The molecule has 1 aromatic carbocycles. The molecule has 1 aromatic rings. The summed E-state index contributed by atoms with van der Waals surface area (Å²) in [6, 6.07) is 8.50. The zero-order chi connectivity index (χ0) is 6.69. The van der Waals surface area contributed by atoms with Crippen molar-refractivity contribution in [1.29, 1.82) is 0 Å². The molecule has 0 aliphatic carbocycles. The second kappa shape index (κ2) is 2.97. The van der Waals surface area contributed by atoms with Gasteiger partial charge < -0.3 is 0 Å². The van der Waals surface area contributed by atoms with E-state index in [4.69, 9.17) is 0 Å². The first-order valence-corrected chi connectivity index (χ1v) is 4.16. The van der Waals surface area contributed by atoms with Gasteiger partial charge in [0.25, 0.3) is 0 Å². The molecule has 0 fully saturated rings. The minimum atomic E-state index is 1.34. The van der Waals surface area contributed by atoms with Gasteiger partial charge in [0.1, 0.15) is 7.85 Å². The standard InChI is InChI=1S/C7H9BS/c1-9-7-4-2-3-6(8)5-7/h2-5H,8H2,1H3. The Hall–Kier alpha value is -0.365. The quantitative estimate of drug-likeness (QED) is 0.403. The van der Waals surface area contributed by atoms with Crippen LogP contribution < -0.4 is 5.46 Å². The van der Waals surface area contributed by atoms with E-state index < -0.39 is 0 Å². The van der Waals surface area contributed by atoms with E-state index in [0.29, 0.717) is 0 Å². The summed E-state index contributed by atoms with van der Waals surface area (Å²) in [6.45, 7) is 0. The van der Waals surface area contributed by atoms with Gasteiger partial charge in [0.2, 0.25) is 0 Å². The lowest BCUT2D eigenvalue weighted by atomic mass is 9.97. The molecule has 0 saturated heterocycles. The first kappa shape index (κ1) is 6.75. The molecule has 9 heavy (non-hydrogen) atoms. The molecule has 0 bridgehead atoms. The maximum atomic E-state index is 2.19. The molecule has 0 spiro atoms. The van der Waals surface area contributed by atoms with Gasteiger partial charge in [0.15, 0.2) is 0 Å². The second-order valence-electron chi connectivity index (χ2n) is 2.02. The summed E-state index contributed by atoms with van der Waals surface area (Å²) >= 11 is 1.78. The Morgan fingerprint density at radius 2 is 2.22 bits per heavy atom. The van der Waals surface area contributed by atoms with Crippen molar-refractivity contribution < 1.29 is 0 Å². The van der Waals surface area contributed by atoms with E-state index in [1.54, 1.807) is 11.8 Å². The van der Waals surface area contributed by atoms with Crippen LogP contribution in [0.3, 0.4) is 0 Å². The maximum absolute atomic E-state index is 2.19. The molecule has 0 saturated carbocycles. The van der Waals surface area contributed by atoms with Gasteiger partial charge in [-0.1, -0.05) is 23.7 Å². The number of rotatable bonds is 1. The first-order valence-electron chi connectivity index (χ1n) is 2.93. The lowest BCUT2D eigenvalue weighted by Crippen LogP contribution is -1.99. The summed E-state index contributed by atoms with van der Waals surface area (Å²) in [4.78, 5) is 1.34. The van der Waals surface area contributed by atoms with E-state index in [1.165, 1.54) is 10.4 Å². The van der Waals surface area contributed by atoms with Crippen molar-refractivity contribution in [3.8, 4) is 0 Å². The molecule has 0 aliphatic rings. The number of hydrogen-bond donors (Lipinski definition) is 0. The Morgan fingerprint density at radius 3 is 2.67 bits per heavy atom. The van der Waals surface area contributed by atoms with E-state index >= 15 is 0 Å². The van der Waals surface area contributed by atoms with Gasteiger partial charge in [-0.2, -0.15) is 0 Å². The predicted molar refractivity (Wildman–Crippen MR) is 46.4 cm³/mol. The molecule has 0 aliphatic heterocycles. The third kappa shape index (κ3) is 1.79. The van der Waals surface area contributed by atoms with Gasteiger partial charge in [-0.05, 0) is 12.3 Å². The summed E-state index contributed by atoms with van der Waals surface area (Å²) in [7, 11) is 2.11. The van der Waals surface area contributed by atoms with Gasteiger partial charge in [0, 0.05) is 4.90 Å². The van der Waals surface area contributed by atoms with Crippen LogP contribution >= 0.6 is 11.8 Å². The molecule has 0 radical (unpaired) electrons. The van der Waals surface area contributed by atoms with Gasteiger partial charge in [0.05, 0.1) is 0 Å². The summed E-state index contributed by atoms with van der Waals surface area (Å²) < 4.78 is 0. The highest BCUT2D eigenvalue weighted by Crippen LogP contribution is 2.10. The average Bonchev–Trinajstić information content (AvgIpc) is 1.88. The molecular formula is C7H9BS. The summed E-state index contributed by atoms with van der Waals surface area (Å²) in [6.07, 6.45) is 2.09. The van der Waals surface area contributed by atoms with Gasteiger partial charge in [-0.3, -0.25) is 0 Å². The highest BCUT2D eigenvalue weighted by Gasteiger charge is 1.86. The second-order valence-corrected chi connectivity index (χ2v) is 2.90. The molecule has 0 aromatic heterocycles. The Kier molecular flexibility index (Phi) is 2.23. The first-order chi connectivity index (χ1) is 4.33. The van der Waals surface area contributed by atoms with Crippen LogP contribution in [0.15, 0.2) is 29.2 Å². The molecular weight excluding hydrogens is 127 g/mol. The van der Waals surface area contributed by atoms with E-state index in [2.05, 4.69) is 38.4 Å². The van der Waals surface area contributed by atoms with Crippen molar-refractivity contribution in [3.05, 3.63) is 24.3 Å². The van der Waals surface area contributed by atoms with E-state index in [9.17, 15) is 0 Å². The Morgan fingerprint density at radius 1 is 1.44 bits per heavy atom. The Labute approximate surface area is 61.1 Å². The van der Waals surface area contributed by atoms with Gasteiger partial charge in [-0.15, -0.1) is 11.8 Å². The zero-order valence-electron chi connectivity index (χ0n) is 5.72. The fraction of sp³-hybridized carbons (Fsp3) is 0.143. The van der Waals surface area contributed by atoms with Crippen LogP contribution in [0.2, 0.25) is 0 Å². The van der Waals surface area contributed by atoms with Gasteiger partial charge in [-0.25, -0.2) is 0 Å². The highest BCUT2D eigenvalue weighted by atomic mass is 32.2. The minimum absolute atomic E-state index is 1.34. The van der Waals surface area contributed by atoms with Gasteiger partial charge >= 0.3 is 0 Å². The summed E-state index contributed by atoms with van der Waals surface area (Å²) in [5.74, 6) is 0. The molecule has 1 rings (SSSR count). The lowest BCUT2D eigenvalue weighted by molar-refractivity contribution is 1.50. The summed E-state index contributed by atoms with van der Waals surface area (Å²) in [5, 5.41) is 0. The summed E-state index contributed by atoms with van der Waals surface area (Å²) in [5.41, 5.74) is 1.34. The molecule has 0 N–H and O–H groups in total. The molecule has 0 nitrogen and oxygen atoms in total. The van der Waals surface area contributed by atoms with Crippen molar-refractivity contribution in [1.82, 2.24) is 0 Å². The third-order valence-corrected chi connectivity index (χ3v) is 1.95. The van der Waals surface area contributed by atoms with Crippen LogP contribution in [0, 0.1) is 0 Å². The topological polar surface area (TPSA) is 0 Å². The molecule has 46 valence electrons. The minimum Gasteiger partial charge on any atom is -0.130 e. The third-order valence-electron chi connectivity index (χ3n) is 1.23. The van der Waals surface area contributed by atoms with Crippen molar-refractivity contribution in [2.45, 2.75) is 4.90 Å². The molecule has 0 amide bonds. The van der Waals surface area contributed by atoms with Crippen molar-refractivity contribution in [2.24, 2.45) is 0 Å². The largest absolute Gasteiger partial charge is 0.139 e. The molecule has 0 heterocycles. The predicted octanol–water partition coefficient (Wildman–Crippen LogP) is 0.667. The Balaban J connectivity index is 2.94. The number of thioether (sulfide) groups is 1. The van der Waals surface area contributed by atoms with E-state index in [-0.39, 0.29) is 0 Å². The van der Waals surface area contributed by atoms with Crippen molar-refractivity contribution in [3.63, 3.8) is 0 Å². The van der Waals surface area contributed by atoms with E-state index in [1.807, 2.05) is 0 Å². The van der Waals surface area contributed by atoms with Crippen LogP contribution in [0.5, 0.6) is 0 Å². The van der Waals surface area contributed by atoms with E-state index in [0.717, 1.165) is 0 Å². The molecule has 0 atom stereocenters. The van der Waals surface area contributed by atoms with Crippen LogP contribution in [-0.4, -0.2) is 14.1 Å². The van der Waals surface area contributed by atoms with Crippen molar-refractivity contribution in [2.75, 3.05) is 6.26 Å². The molecule has 2 heteroatoms. The van der Waals surface area contributed by atoms with Crippen LogP contribution in [0.4, 0.5) is 0 Å². The number of hydrogen-bond acceptors (Lipinski definition) is 1. The van der Waals surface area contributed by atoms with Crippen LogP contribution in [-0.2, 0) is 0 Å². The normalized spacial score (nSPS) is 9.44. The molecule has 0 unspecified atom stereocenters. The average molecular weight is 136 g/mol. The van der Waals surface area contributed by atoms with Crippen LogP contribution in [0.1, 0.15) is 0 Å². The SMILES string of the molecule is Bc1cccc(SC)c1. The zero-order valence-corrected chi connectivity index (χ0v) is 6.53. The fourth-order valence-corrected chi connectivity index (χ4v) is 1.26. The maximum Gasteiger partial charge on any atom is 0.139 e. The monoisotopic (exact) mass is 136 g/mol. The van der Waals surface area contributed by atoms with Crippen LogP contribution in [0.25, 0.3) is 0 Å². The lowest BCUT2D eigenvalue weighted by Gasteiger charge is -1.94. The smallest absolute Gasteiger partial charge is 0.130 e. The fourth-order valence-electron chi connectivity index (χ4n) is 0.742.